The van der Waals surface area contributed by atoms with E-state index in [2.05, 4.69) is 41.5 Å². The second-order valence-corrected chi connectivity index (χ2v) is 22.4. The standard InChI is InChI=1S/C20H38O7S.2C20H36O4.Na.Sn/c1-5-9-11-16(7-3)14-26-19(21)13-18(28(23,24)25)20(22)27-15-17(8-4)12-10-6-2;2*1-5-9-11-15(7-3)13-17(19(21)22)18(20(23)24)14-16(8-4)12-10-6-2;;/h16-18H,5-15H2,1-4H3,(H,23,24,25);2*15-16H,5-14H2,1-4H3,(H,21,22)(H,23,24);;/q;;;+1;+4/p-5/b;2*18-17-;;. The van der Waals surface area contributed by atoms with E-state index < -0.39 is 57.6 Å². The van der Waals surface area contributed by atoms with Crippen LogP contribution < -0.4 is 50.0 Å². The zero-order valence-corrected chi connectivity index (χ0v) is 56.7. The van der Waals surface area contributed by atoms with Gasteiger partial charge in [-0.1, -0.05) is 224 Å². The molecule has 0 N–H and O–H groups in total. The summed E-state index contributed by atoms with van der Waals surface area (Å²) < 4.78 is 44.6. The van der Waals surface area contributed by atoms with Crippen LogP contribution in [-0.2, 0) is 48.4 Å². The Hall–Kier alpha value is -1.99. The van der Waals surface area contributed by atoms with E-state index in [9.17, 15) is 62.2 Å². The average Bonchev–Trinajstić information content (AvgIpc) is 3.38. The SMILES string of the molecule is CCCCC(CC)C/C(C(=O)[O-])=C(\CC(CC)CCCC)C(=O)[O-].CCCCC(CC)C/C(C(=O)[O-])=C(\CC(CC)CCCC)C(=O)[O-].CCCCC(CC)COC(=O)CC(C(=O)OCC(CC)CCCC)S(=O)(=O)[O-].[Na+].[Sn+4]. The number of carbonyl (C=O) groups is 6. The van der Waals surface area contributed by atoms with Gasteiger partial charge in [-0.2, -0.15) is 0 Å². The first-order valence-electron chi connectivity index (χ1n) is 29.6. The Balaban J connectivity index is -0.000000339. The molecule has 0 aromatic carbocycles. The molecule has 18 heteroatoms. The van der Waals surface area contributed by atoms with E-state index in [-0.39, 0.29) is 150 Å². The number of carboxylic acid groups (broad SMARTS) is 4. The summed E-state index contributed by atoms with van der Waals surface area (Å²) in [4.78, 5) is 70.5. The van der Waals surface area contributed by atoms with Gasteiger partial charge in [-0.3, -0.25) is 9.59 Å². The van der Waals surface area contributed by atoms with E-state index in [0.717, 1.165) is 154 Å². The molecule has 0 amide bonds. The third kappa shape index (κ3) is 41.1. The summed E-state index contributed by atoms with van der Waals surface area (Å²) in [5.74, 6) is -6.42. The summed E-state index contributed by atoms with van der Waals surface area (Å²) in [6.07, 6.45) is 22.9. The average molecular weight is 1240 g/mol. The second kappa shape index (κ2) is 53.0. The minimum Gasteiger partial charge on any atom is -0.747 e. The summed E-state index contributed by atoms with van der Waals surface area (Å²) in [7, 11) is -5.01. The van der Waals surface area contributed by atoms with Crippen molar-refractivity contribution in [3.8, 4) is 0 Å². The Labute approximate surface area is 512 Å². The molecule has 0 radical (unpaired) electrons. The third-order valence-electron chi connectivity index (χ3n) is 14.8. The van der Waals surface area contributed by atoms with E-state index in [1.807, 2.05) is 41.5 Å². The minimum absolute atomic E-state index is 0. The van der Waals surface area contributed by atoms with Crippen LogP contribution in [0.4, 0.5) is 0 Å². The second-order valence-electron chi connectivity index (χ2n) is 20.9. The summed E-state index contributed by atoms with van der Waals surface area (Å²) in [5, 5.41) is 44.3. The van der Waals surface area contributed by atoms with E-state index in [0.29, 0.717) is 0 Å². The van der Waals surface area contributed by atoms with Gasteiger partial charge in [0.05, 0.1) is 43.5 Å². The van der Waals surface area contributed by atoms with Gasteiger partial charge in [-0.05, 0) is 96.3 Å². The molecule has 446 valence electrons. The molecule has 0 heterocycles. The van der Waals surface area contributed by atoms with Crippen LogP contribution in [0.2, 0.25) is 0 Å². The molecule has 0 fully saturated rings. The van der Waals surface area contributed by atoms with Gasteiger partial charge in [-0.15, -0.1) is 0 Å². The summed E-state index contributed by atoms with van der Waals surface area (Å²) in [5.41, 5.74) is -0.193. The van der Waals surface area contributed by atoms with Gasteiger partial charge in [0, 0.05) is 0 Å². The Morgan fingerprint density at radius 2 is 0.590 bits per heavy atom. The molecule has 0 aromatic heterocycles. The Morgan fingerprint density at radius 3 is 0.782 bits per heavy atom. The first-order chi connectivity index (χ1) is 36.0. The molecule has 7 unspecified atom stereocenters. The van der Waals surface area contributed by atoms with E-state index in [1.54, 1.807) is 0 Å². The van der Waals surface area contributed by atoms with Gasteiger partial charge in [0.1, 0.15) is 10.1 Å². The minimum atomic E-state index is -5.01. The van der Waals surface area contributed by atoms with Crippen molar-refractivity contribution in [3.05, 3.63) is 22.3 Å². The van der Waals surface area contributed by atoms with Gasteiger partial charge in [0.2, 0.25) is 0 Å². The number of rotatable bonds is 44. The Kier molecular flexibility index (Phi) is 57.7. The van der Waals surface area contributed by atoms with Crippen LogP contribution in [-0.4, -0.2) is 91.2 Å². The van der Waals surface area contributed by atoms with Crippen LogP contribution in [0.1, 0.15) is 269 Å². The molecule has 0 aromatic rings. The third-order valence-corrected chi connectivity index (χ3v) is 15.9. The number of esters is 2. The van der Waals surface area contributed by atoms with Crippen molar-refractivity contribution in [1.82, 2.24) is 0 Å². The zero-order valence-electron chi connectivity index (χ0n) is 51.0. The first kappa shape index (κ1) is 84.8. The maximum atomic E-state index is 12.1. The van der Waals surface area contributed by atoms with Gasteiger partial charge in [-0.25, -0.2) is 8.42 Å². The van der Waals surface area contributed by atoms with Crippen molar-refractivity contribution in [1.29, 1.82) is 0 Å². The number of aliphatic carboxylic acids is 4. The van der Waals surface area contributed by atoms with Crippen molar-refractivity contribution >= 4 is 69.8 Å². The van der Waals surface area contributed by atoms with Crippen molar-refractivity contribution in [2.45, 2.75) is 275 Å². The summed E-state index contributed by atoms with van der Waals surface area (Å²) >= 11 is 0. The fraction of sp³-hybridized carbons (Fsp3) is 0.833. The van der Waals surface area contributed by atoms with Gasteiger partial charge < -0.3 is 53.6 Å². The number of carbonyl (C=O) groups excluding carboxylic acids is 6. The number of unbranched alkanes of at least 4 members (excludes halogenated alkanes) is 6. The predicted octanol–water partition coefficient (Wildman–Crippen LogP) is 6.42. The van der Waals surface area contributed by atoms with Crippen molar-refractivity contribution < 1.29 is 101 Å². The van der Waals surface area contributed by atoms with E-state index >= 15 is 0 Å². The van der Waals surface area contributed by atoms with E-state index in [4.69, 9.17) is 9.47 Å². The van der Waals surface area contributed by atoms with E-state index in [1.165, 1.54) is 0 Å². The Bertz CT molecular complexity index is 1630. The topological polar surface area (TPSA) is 270 Å². The van der Waals surface area contributed by atoms with Crippen molar-refractivity contribution in [2.24, 2.45) is 35.5 Å². The number of hydrogen-bond donors (Lipinski definition) is 0. The maximum Gasteiger partial charge on any atom is 4.00 e. The summed E-state index contributed by atoms with van der Waals surface area (Å²) in [6, 6.07) is 0. The number of hydrogen-bond acceptors (Lipinski definition) is 15. The zero-order chi connectivity index (χ0) is 58.6. The molecule has 0 aliphatic carbocycles. The molecule has 0 saturated heterocycles. The van der Waals surface area contributed by atoms with Crippen LogP contribution in [0.15, 0.2) is 22.3 Å². The largest absolute Gasteiger partial charge is 4.00 e. The van der Waals surface area contributed by atoms with Crippen LogP contribution in [0.3, 0.4) is 0 Å². The quantitative estimate of drug-likeness (QED) is 0.0275. The Morgan fingerprint density at radius 1 is 0.372 bits per heavy atom. The van der Waals surface area contributed by atoms with Crippen molar-refractivity contribution in [3.63, 3.8) is 0 Å². The van der Waals surface area contributed by atoms with Crippen LogP contribution in [0.5, 0.6) is 0 Å². The molecule has 0 saturated carbocycles. The fourth-order valence-electron chi connectivity index (χ4n) is 9.06. The molecule has 0 aliphatic heterocycles. The molecular formula is C60H105NaO15SSn. The predicted molar refractivity (Wildman–Crippen MR) is 298 cm³/mol. The first-order valence-corrected chi connectivity index (χ1v) is 31.0. The maximum absolute atomic E-state index is 12.1. The van der Waals surface area contributed by atoms with Crippen LogP contribution in [0, 0.1) is 35.5 Å². The molecule has 0 spiro atoms. The number of ether oxygens (including phenoxy) is 2. The fourth-order valence-corrected chi connectivity index (χ4v) is 9.70. The van der Waals surface area contributed by atoms with Crippen molar-refractivity contribution in [2.75, 3.05) is 13.2 Å². The molecule has 0 rings (SSSR count). The smallest absolute Gasteiger partial charge is 0.747 e. The molecule has 78 heavy (non-hydrogen) atoms. The van der Waals surface area contributed by atoms with Crippen LogP contribution >= 0.6 is 0 Å². The normalized spacial score (nSPS) is 14.5. The summed E-state index contributed by atoms with van der Waals surface area (Å²) in [6.45, 7) is 24.7. The number of carboxylic acids is 4. The molecule has 0 aliphatic rings. The molecule has 7 atom stereocenters. The van der Waals surface area contributed by atoms with Gasteiger partial charge in [0.15, 0.2) is 5.25 Å². The van der Waals surface area contributed by atoms with Gasteiger partial charge >= 0.3 is 65.4 Å². The van der Waals surface area contributed by atoms with Crippen LogP contribution in [0.25, 0.3) is 0 Å². The molecule has 15 nitrogen and oxygen atoms in total. The van der Waals surface area contributed by atoms with Gasteiger partial charge in [0.25, 0.3) is 0 Å². The molecule has 0 bridgehead atoms. The monoisotopic (exact) mass is 1240 g/mol. The molecular weight excluding hydrogens is 1130 g/mol.